The number of rotatable bonds is 7. The normalized spacial score (nSPS) is 15.7. The first-order valence-corrected chi connectivity index (χ1v) is 8.75. The van der Waals surface area contributed by atoms with E-state index in [-0.39, 0.29) is 19.1 Å². The molecule has 0 spiro atoms. The molecule has 1 aliphatic rings. The number of nitrogens with one attached hydrogen (secondary N) is 3. The molecule has 0 radical (unpaired) electrons. The number of aliphatic carboxylic acids is 1. The highest BCUT2D eigenvalue weighted by Crippen LogP contribution is 2.17. The average Bonchev–Trinajstić information content (AvgIpc) is 2.62. The van der Waals surface area contributed by atoms with E-state index in [0.29, 0.717) is 5.56 Å². The van der Waals surface area contributed by atoms with Gasteiger partial charge in [-0.15, -0.1) is 0 Å². The summed E-state index contributed by atoms with van der Waals surface area (Å²) in [5.74, 6) is -3.07. The van der Waals surface area contributed by atoms with Gasteiger partial charge in [0.1, 0.15) is 5.82 Å². The Balaban J connectivity index is 1.74. The zero-order valence-electron chi connectivity index (χ0n) is 14.5. The number of carboxylic acid groups (broad SMARTS) is 1. The summed E-state index contributed by atoms with van der Waals surface area (Å²) in [6, 6.07) is 4.82. The first-order valence-electron chi connectivity index (χ1n) is 8.75. The van der Waals surface area contributed by atoms with Crippen molar-refractivity contribution in [2.45, 2.75) is 44.1 Å². The van der Waals surface area contributed by atoms with Crippen LogP contribution >= 0.6 is 0 Å². The zero-order valence-corrected chi connectivity index (χ0v) is 14.5. The third-order valence-electron chi connectivity index (χ3n) is 4.42. The van der Waals surface area contributed by atoms with Crippen molar-refractivity contribution in [3.63, 3.8) is 0 Å². The van der Waals surface area contributed by atoms with Crippen LogP contribution in [-0.2, 0) is 9.59 Å². The van der Waals surface area contributed by atoms with Crippen LogP contribution in [0.5, 0.6) is 0 Å². The SMILES string of the molecule is O=C(CNC(=O)NC1CCCCC1)NCC(C(=O)O)c1ccc(F)cc1. The number of halogens is 1. The molecule has 0 aromatic heterocycles. The van der Waals surface area contributed by atoms with Crippen LogP contribution < -0.4 is 16.0 Å². The number of carbonyl (C=O) groups excluding carboxylic acids is 2. The molecule has 1 fully saturated rings. The van der Waals surface area contributed by atoms with Gasteiger partial charge in [-0.25, -0.2) is 9.18 Å². The van der Waals surface area contributed by atoms with Crippen molar-refractivity contribution < 1.29 is 23.9 Å². The van der Waals surface area contributed by atoms with Gasteiger partial charge in [-0.05, 0) is 30.5 Å². The molecule has 4 N–H and O–H groups in total. The second-order valence-corrected chi connectivity index (χ2v) is 6.41. The van der Waals surface area contributed by atoms with E-state index < -0.39 is 29.6 Å². The molecule has 0 heterocycles. The highest BCUT2D eigenvalue weighted by Gasteiger charge is 2.21. The van der Waals surface area contributed by atoms with Gasteiger partial charge in [-0.3, -0.25) is 9.59 Å². The topological polar surface area (TPSA) is 108 Å². The van der Waals surface area contributed by atoms with Crippen LogP contribution in [0.1, 0.15) is 43.6 Å². The first-order chi connectivity index (χ1) is 12.5. The van der Waals surface area contributed by atoms with E-state index in [1.54, 1.807) is 0 Å². The minimum atomic E-state index is -1.13. The van der Waals surface area contributed by atoms with Crippen molar-refractivity contribution in [3.05, 3.63) is 35.6 Å². The van der Waals surface area contributed by atoms with E-state index in [1.807, 2.05) is 0 Å². The molecule has 1 aromatic carbocycles. The second kappa shape index (κ2) is 9.74. The van der Waals surface area contributed by atoms with Crippen LogP contribution in [-0.4, -0.2) is 42.1 Å². The number of amides is 3. The monoisotopic (exact) mass is 365 g/mol. The van der Waals surface area contributed by atoms with E-state index in [4.69, 9.17) is 0 Å². The molecule has 3 amide bonds. The number of carbonyl (C=O) groups is 3. The molecule has 1 aromatic rings. The van der Waals surface area contributed by atoms with Crippen LogP contribution in [0.2, 0.25) is 0 Å². The Morgan fingerprint density at radius 2 is 1.73 bits per heavy atom. The fourth-order valence-electron chi connectivity index (χ4n) is 2.97. The van der Waals surface area contributed by atoms with Gasteiger partial charge in [0.15, 0.2) is 0 Å². The molecule has 1 unspecified atom stereocenters. The van der Waals surface area contributed by atoms with E-state index >= 15 is 0 Å². The number of hydrogen-bond donors (Lipinski definition) is 4. The summed E-state index contributed by atoms with van der Waals surface area (Å²) in [5.41, 5.74) is 0.391. The Labute approximate surface area is 151 Å². The highest BCUT2D eigenvalue weighted by atomic mass is 19.1. The summed E-state index contributed by atoms with van der Waals surface area (Å²) >= 11 is 0. The molecular formula is C18H24FN3O4. The van der Waals surface area contributed by atoms with Crippen molar-refractivity contribution in [1.82, 2.24) is 16.0 Å². The molecular weight excluding hydrogens is 341 g/mol. The molecule has 142 valence electrons. The van der Waals surface area contributed by atoms with Crippen molar-refractivity contribution in [2.24, 2.45) is 0 Å². The lowest BCUT2D eigenvalue weighted by Gasteiger charge is -2.22. The standard InChI is InChI=1S/C18H24FN3O4/c19-13-8-6-12(7-9-13)15(17(24)25)10-20-16(23)11-21-18(26)22-14-4-2-1-3-5-14/h6-9,14-15H,1-5,10-11H2,(H,20,23)(H,24,25)(H2,21,22,26). The van der Waals surface area contributed by atoms with Gasteiger partial charge >= 0.3 is 12.0 Å². The fourth-order valence-corrected chi connectivity index (χ4v) is 2.97. The Hall–Kier alpha value is -2.64. The maximum Gasteiger partial charge on any atom is 0.315 e. The van der Waals surface area contributed by atoms with Crippen molar-refractivity contribution in [3.8, 4) is 0 Å². The number of hydrogen-bond acceptors (Lipinski definition) is 3. The van der Waals surface area contributed by atoms with Gasteiger partial charge in [0.2, 0.25) is 5.91 Å². The quantitative estimate of drug-likeness (QED) is 0.590. The zero-order chi connectivity index (χ0) is 18.9. The summed E-state index contributed by atoms with van der Waals surface area (Å²) in [6.45, 7) is -0.389. The number of benzene rings is 1. The van der Waals surface area contributed by atoms with Crippen LogP contribution in [0.15, 0.2) is 24.3 Å². The smallest absolute Gasteiger partial charge is 0.315 e. The average molecular weight is 365 g/mol. The fraction of sp³-hybridized carbons (Fsp3) is 0.500. The minimum absolute atomic E-state index is 0.140. The largest absolute Gasteiger partial charge is 0.481 e. The molecule has 2 rings (SSSR count). The highest BCUT2D eigenvalue weighted by molar-refractivity contribution is 5.84. The van der Waals surface area contributed by atoms with E-state index in [0.717, 1.165) is 25.7 Å². The van der Waals surface area contributed by atoms with E-state index in [1.165, 1.54) is 30.7 Å². The van der Waals surface area contributed by atoms with E-state index in [2.05, 4.69) is 16.0 Å². The van der Waals surface area contributed by atoms with Gasteiger partial charge in [-0.2, -0.15) is 0 Å². The lowest BCUT2D eigenvalue weighted by atomic mass is 9.96. The van der Waals surface area contributed by atoms with Crippen LogP contribution in [0, 0.1) is 5.82 Å². The molecule has 1 aliphatic carbocycles. The van der Waals surface area contributed by atoms with Gasteiger partial charge in [-0.1, -0.05) is 31.4 Å². The second-order valence-electron chi connectivity index (χ2n) is 6.41. The van der Waals surface area contributed by atoms with Gasteiger partial charge in [0, 0.05) is 12.6 Å². The van der Waals surface area contributed by atoms with Gasteiger partial charge < -0.3 is 21.1 Å². The maximum absolute atomic E-state index is 12.9. The first kappa shape index (κ1) is 19.7. The molecule has 7 nitrogen and oxygen atoms in total. The predicted molar refractivity (Wildman–Crippen MR) is 93.2 cm³/mol. The Morgan fingerprint density at radius 1 is 1.08 bits per heavy atom. The van der Waals surface area contributed by atoms with Gasteiger partial charge in [0.25, 0.3) is 0 Å². The van der Waals surface area contributed by atoms with E-state index in [9.17, 15) is 23.9 Å². The lowest BCUT2D eigenvalue weighted by molar-refractivity contribution is -0.138. The Kier molecular flexibility index (Phi) is 7.37. The van der Waals surface area contributed by atoms with Crippen LogP contribution in [0.3, 0.4) is 0 Å². The van der Waals surface area contributed by atoms with Crippen molar-refractivity contribution in [2.75, 3.05) is 13.1 Å². The van der Waals surface area contributed by atoms with Crippen molar-refractivity contribution in [1.29, 1.82) is 0 Å². The molecule has 1 saturated carbocycles. The summed E-state index contributed by atoms with van der Waals surface area (Å²) in [7, 11) is 0. The maximum atomic E-state index is 12.9. The predicted octanol–water partition coefficient (Wildman–Crippen LogP) is 1.74. The summed E-state index contributed by atoms with van der Waals surface area (Å²) in [6.07, 6.45) is 5.24. The third kappa shape index (κ3) is 6.34. The van der Waals surface area contributed by atoms with Crippen molar-refractivity contribution >= 4 is 17.9 Å². The minimum Gasteiger partial charge on any atom is -0.481 e. The molecule has 0 saturated heterocycles. The molecule has 1 atom stereocenters. The molecule has 0 bridgehead atoms. The molecule has 26 heavy (non-hydrogen) atoms. The summed E-state index contributed by atoms with van der Waals surface area (Å²) in [5, 5.41) is 17.1. The number of carboxylic acids is 1. The Bertz CT molecular complexity index is 630. The number of urea groups is 1. The van der Waals surface area contributed by atoms with Crippen LogP contribution in [0.4, 0.5) is 9.18 Å². The molecule has 8 heteroatoms. The Morgan fingerprint density at radius 3 is 2.35 bits per heavy atom. The van der Waals surface area contributed by atoms with Crippen LogP contribution in [0.25, 0.3) is 0 Å². The lowest BCUT2D eigenvalue weighted by Crippen LogP contribution is -2.46. The van der Waals surface area contributed by atoms with Gasteiger partial charge in [0.05, 0.1) is 12.5 Å². The summed E-state index contributed by atoms with van der Waals surface area (Å²) in [4.78, 5) is 35.0. The third-order valence-corrected chi connectivity index (χ3v) is 4.42. The molecule has 0 aliphatic heterocycles. The summed E-state index contributed by atoms with van der Waals surface area (Å²) < 4.78 is 12.9.